The maximum atomic E-state index is 12.1. The molecule has 0 spiro atoms. The Morgan fingerprint density at radius 3 is 2.25 bits per heavy atom. The van der Waals surface area contributed by atoms with Crippen LogP contribution in [0.25, 0.3) is 0 Å². The molecule has 0 heterocycles. The summed E-state index contributed by atoms with van der Waals surface area (Å²) >= 11 is 0. The quantitative estimate of drug-likeness (QED) is 0.613. The number of benzene rings is 2. The van der Waals surface area contributed by atoms with Gasteiger partial charge in [0.15, 0.2) is 0 Å². The van der Waals surface area contributed by atoms with Crippen LogP contribution in [0.1, 0.15) is 23.1 Å². The molecule has 0 aliphatic rings. The predicted octanol–water partition coefficient (Wildman–Crippen LogP) is 3.38. The molecule has 0 saturated heterocycles. The molecule has 0 aliphatic heterocycles. The van der Waals surface area contributed by atoms with Gasteiger partial charge in [0.05, 0.1) is 6.54 Å². The van der Waals surface area contributed by atoms with Gasteiger partial charge < -0.3 is 20.9 Å². The van der Waals surface area contributed by atoms with Gasteiger partial charge in [-0.15, -0.1) is 0 Å². The normalized spacial score (nSPS) is 10.3. The summed E-state index contributed by atoms with van der Waals surface area (Å²) in [5, 5.41) is 8.25. The number of hydrogen-bond donors (Lipinski definition) is 3. The van der Waals surface area contributed by atoms with E-state index in [4.69, 9.17) is 0 Å². The van der Waals surface area contributed by atoms with Crippen LogP contribution in [0, 0.1) is 20.8 Å². The summed E-state index contributed by atoms with van der Waals surface area (Å²) in [6, 6.07) is 13.8. The predicted molar refractivity (Wildman–Crippen MR) is 115 cm³/mol. The van der Waals surface area contributed by atoms with E-state index in [1.807, 2.05) is 58.2 Å². The zero-order valence-corrected chi connectivity index (χ0v) is 17.1. The van der Waals surface area contributed by atoms with Gasteiger partial charge >= 0.3 is 6.03 Å². The topological polar surface area (TPSA) is 73.5 Å². The molecular weight excluding hydrogens is 352 g/mol. The Hall–Kier alpha value is -3.02. The number of urea groups is 1. The summed E-state index contributed by atoms with van der Waals surface area (Å²) < 4.78 is 0. The molecule has 2 aromatic carbocycles. The Morgan fingerprint density at radius 2 is 1.61 bits per heavy atom. The van der Waals surface area contributed by atoms with Gasteiger partial charge in [0.1, 0.15) is 0 Å². The van der Waals surface area contributed by atoms with Gasteiger partial charge in [0.25, 0.3) is 0 Å². The molecule has 0 aliphatic carbocycles. The van der Waals surface area contributed by atoms with Crippen molar-refractivity contribution in [1.29, 1.82) is 0 Å². The van der Waals surface area contributed by atoms with E-state index < -0.39 is 0 Å². The van der Waals surface area contributed by atoms with E-state index in [0.717, 1.165) is 41.0 Å². The monoisotopic (exact) mass is 382 g/mol. The molecule has 6 nitrogen and oxygen atoms in total. The summed E-state index contributed by atoms with van der Waals surface area (Å²) in [4.78, 5) is 26.1. The minimum absolute atomic E-state index is 0.0670. The van der Waals surface area contributed by atoms with E-state index in [2.05, 4.69) is 33.0 Å². The van der Waals surface area contributed by atoms with Gasteiger partial charge in [0, 0.05) is 31.5 Å². The van der Waals surface area contributed by atoms with E-state index in [-0.39, 0.29) is 18.5 Å². The van der Waals surface area contributed by atoms with Crippen LogP contribution in [0.5, 0.6) is 0 Å². The minimum atomic E-state index is -0.338. The first-order valence-corrected chi connectivity index (χ1v) is 9.52. The summed E-state index contributed by atoms with van der Waals surface area (Å²) in [7, 11) is 2.02. The Bertz CT molecular complexity index is 782. The Morgan fingerprint density at radius 1 is 0.964 bits per heavy atom. The smallest absolute Gasteiger partial charge is 0.315 e. The molecule has 0 atom stereocenters. The lowest BCUT2D eigenvalue weighted by atomic mass is 10.1. The van der Waals surface area contributed by atoms with Crippen LogP contribution in [0.3, 0.4) is 0 Å². The largest absolute Gasteiger partial charge is 0.375 e. The first-order chi connectivity index (χ1) is 13.4. The highest BCUT2D eigenvalue weighted by atomic mass is 16.2. The average molecular weight is 383 g/mol. The molecule has 150 valence electrons. The number of nitrogens with zero attached hydrogens (tertiary/aromatic N) is 1. The fraction of sp³-hybridized carbons (Fsp3) is 0.364. The fourth-order valence-electron chi connectivity index (χ4n) is 3.11. The molecule has 0 fully saturated rings. The van der Waals surface area contributed by atoms with E-state index in [9.17, 15) is 9.59 Å². The highest BCUT2D eigenvalue weighted by molar-refractivity contribution is 5.95. The minimum Gasteiger partial charge on any atom is -0.375 e. The SMILES string of the molecule is Cc1cc(C)c(NC(=O)CNC(=O)NCCCN(C)c2ccccc2)c(C)c1. The van der Waals surface area contributed by atoms with Crippen LogP contribution < -0.4 is 20.9 Å². The lowest BCUT2D eigenvalue weighted by molar-refractivity contribution is -0.115. The van der Waals surface area contributed by atoms with Crippen molar-refractivity contribution >= 4 is 23.3 Å². The molecule has 0 saturated carbocycles. The van der Waals surface area contributed by atoms with Crippen LogP contribution in [-0.4, -0.2) is 38.6 Å². The van der Waals surface area contributed by atoms with Gasteiger partial charge in [-0.1, -0.05) is 35.9 Å². The van der Waals surface area contributed by atoms with Crippen molar-refractivity contribution in [2.75, 3.05) is 36.9 Å². The molecular formula is C22H30N4O2. The van der Waals surface area contributed by atoms with Crippen molar-refractivity contribution in [1.82, 2.24) is 10.6 Å². The number of nitrogens with one attached hydrogen (secondary N) is 3. The number of anilines is 2. The summed E-state index contributed by atoms with van der Waals surface area (Å²) in [5.74, 6) is -0.242. The van der Waals surface area contributed by atoms with Gasteiger partial charge in [-0.05, 0) is 50.5 Å². The number of carbonyl (C=O) groups is 2. The summed E-state index contributed by atoms with van der Waals surface area (Å²) in [6.07, 6.45) is 0.812. The Labute approximate surface area is 167 Å². The first-order valence-electron chi connectivity index (χ1n) is 9.52. The number of carbonyl (C=O) groups excluding carboxylic acids is 2. The second-order valence-corrected chi connectivity index (χ2v) is 7.04. The van der Waals surface area contributed by atoms with E-state index in [0.29, 0.717) is 6.54 Å². The van der Waals surface area contributed by atoms with E-state index in [1.54, 1.807) is 0 Å². The number of aryl methyl sites for hydroxylation is 3. The molecule has 2 aromatic rings. The molecule has 3 amide bonds. The van der Waals surface area contributed by atoms with Gasteiger partial charge in [-0.2, -0.15) is 0 Å². The number of amides is 3. The third-order valence-corrected chi connectivity index (χ3v) is 4.50. The standard InChI is InChI=1S/C22H30N4O2/c1-16-13-17(2)21(18(3)14-16)25-20(27)15-24-22(28)23-11-8-12-26(4)19-9-6-5-7-10-19/h5-7,9-10,13-14H,8,11-12,15H2,1-4H3,(H,25,27)(H2,23,24,28). The van der Waals surface area contributed by atoms with Crippen LogP contribution in [0.15, 0.2) is 42.5 Å². The van der Waals surface area contributed by atoms with Crippen molar-refractivity contribution < 1.29 is 9.59 Å². The third kappa shape index (κ3) is 6.61. The number of rotatable bonds is 8. The summed E-state index contributed by atoms with van der Waals surface area (Å²) in [6.45, 7) is 7.25. The van der Waals surface area contributed by atoms with Crippen LogP contribution >= 0.6 is 0 Å². The highest BCUT2D eigenvalue weighted by Gasteiger charge is 2.09. The van der Waals surface area contributed by atoms with Crippen LogP contribution in [-0.2, 0) is 4.79 Å². The molecule has 0 aromatic heterocycles. The average Bonchev–Trinajstić information content (AvgIpc) is 2.67. The van der Waals surface area contributed by atoms with Gasteiger partial charge in [-0.25, -0.2) is 4.79 Å². The highest BCUT2D eigenvalue weighted by Crippen LogP contribution is 2.21. The van der Waals surface area contributed by atoms with Crippen molar-refractivity contribution in [2.45, 2.75) is 27.2 Å². The van der Waals surface area contributed by atoms with Crippen molar-refractivity contribution in [3.63, 3.8) is 0 Å². The Balaban J connectivity index is 1.66. The zero-order valence-electron chi connectivity index (χ0n) is 17.1. The lowest BCUT2D eigenvalue weighted by Gasteiger charge is -2.19. The molecule has 28 heavy (non-hydrogen) atoms. The van der Waals surface area contributed by atoms with E-state index in [1.165, 1.54) is 0 Å². The van der Waals surface area contributed by atoms with Gasteiger partial charge in [0.2, 0.25) is 5.91 Å². The molecule has 6 heteroatoms. The maximum absolute atomic E-state index is 12.1. The molecule has 0 unspecified atom stereocenters. The maximum Gasteiger partial charge on any atom is 0.315 e. The van der Waals surface area contributed by atoms with E-state index >= 15 is 0 Å². The number of para-hydroxylation sites is 1. The lowest BCUT2D eigenvalue weighted by Crippen LogP contribution is -2.41. The molecule has 3 N–H and O–H groups in total. The van der Waals surface area contributed by atoms with Crippen molar-refractivity contribution in [3.8, 4) is 0 Å². The molecule has 0 bridgehead atoms. The number of hydrogen-bond acceptors (Lipinski definition) is 3. The van der Waals surface area contributed by atoms with Gasteiger partial charge in [-0.3, -0.25) is 4.79 Å². The summed E-state index contributed by atoms with van der Waals surface area (Å²) in [5.41, 5.74) is 5.13. The van der Waals surface area contributed by atoms with Crippen molar-refractivity contribution in [3.05, 3.63) is 59.2 Å². The Kier molecular flexibility index (Phi) is 7.87. The third-order valence-electron chi connectivity index (χ3n) is 4.50. The second kappa shape index (κ2) is 10.3. The second-order valence-electron chi connectivity index (χ2n) is 7.04. The fourth-order valence-corrected chi connectivity index (χ4v) is 3.11. The van der Waals surface area contributed by atoms with Crippen LogP contribution in [0.2, 0.25) is 0 Å². The molecule has 2 rings (SSSR count). The van der Waals surface area contributed by atoms with Crippen molar-refractivity contribution in [2.24, 2.45) is 0 Å². The van der Waals surface area contributed by atoms with Crippen LogP contribution in [0.4, 0.5) is 16.2 Å². The first kappa shape index (κ1) is 21.3. The molecule has 0 radical (unpaired) electrons. The zero-order chi connectivity index (χ0) is 20.5.